The zero-order valence-corrected chi connectivity index (χ0v) is 10.5. The molecule has 0 radical (unpaired) electrons. The van der Waals surface area contributed by atoms with E-state index in [2.05, 4.69) is 17.5 Å². The number of benzene rings is 1. The number of carbonyl (C=O) groups excluding carboxylic acids is 1. The number of ether oxygens (including phenoxy) is 2. The molecule has 17 heavy (non-hydrogen) atoms. The lowest BCUT2D eigenvalue weighted by Gasteiger charge is -2.10. The van der Waals surface area contributed by atoms with Gasteiger partial charge in [0.1, 0.15) is 11.5 Å². The summed E-state index contributed by atoms with van der Waals surface area (Å²) >= 11 is 4.68. The molecule has 6 heteroatoms. The monoisotopic (exact) mass is 254 g/mol. The van der Waals surface area contributed by atoms with Crippen LogP contribution < -0.4 is 20.5 Å². The smallest absolute Gasteiger partial charge is 0.255 e. The van der Waals surface area contributed by atoms with Crippen LogP contribution in [0.15, 0.2) is 18.2 Å². The van der Waals surface area contributed by atoms with Gasteiger partial charge in [0.15, 0.2) is 0 Å². The highest BCUT2D eigenvalue weighted by molar-refractivity contribution is 7.80. The van der Waals surface area contributed by atoms with E-state index in [-0.39, 0.29) is 17.4 Å². The standard InChI is InChI=1S/C11H14N2O3S/c1-15-7-3-4-8(9(5-7)16-2)11(14)13-6-10(12)17/h3-5H,6H2,1-2H3,(H2,12,17)(H,13,14). The lowest BCUT2D eigenvalue weighted by Crippen LogP contribution is -2.32. The van der Waals surface area contributed by atoms with Gasteiger partial charge in [-0.3, -0.25) is 4.79 Å². The van der Waals surface area contributed by atoms with Crippen molar-refractivity contribution >= 4 is 23.1 Å². The maximum Gasteiger partial charge on any atom is 0.255 e. The first-order chi connectivity index (χ1) is 8.08. The summed E-state index contributed by atoms with van der Waals surface area (Å²) in [6.45, 7) is 0.156. The molecule has 0 spiro atoms. The highest BCUT2D eigenvalue weighted by Crippen LogP contribution is 2.24. The number of hydrogen-bond donors (Lipinski definition) is 2. The predicted octanol–water partition coefficient (Wildman–Crippen LogP) is 0.720. The number of thiocarbonyl (C=S) groups is 1. The third-order valence-electron chi connectivity index (χ3n) is 2.08. The van der Waals surface area contributed by atoms with Gasteiger partial charge in [-0.1, -0.05) is 12.2 Å². The molecule has 0 aliphatic rings. The minimum absolute atomic E-state index is 0.156. The summed E-state index contributed by atoms with van der Waals surface area (Å²) in [5, 5.41) is 2.58. The van der Waals surface area contributed by atoms with Gasteiger partial charge in [-0.15, -0.1) is 0 Å². The summed E-state index contributed by atoms with van der Waals surface area (Å²) in [5.74, 6) is 0.759. The van der Waals surface area contributed by atoms with Crippen LogP contribution in [-0.4, -0.2) is 31.7 Å². The van der Waals surface area contributed by atoms with E-state index in [0.29, 0.717) is 17.1 Å². The Kier molecular flexibility index (Phi) is 4.71. The molecule has 0 unspecified atom stereocenters. The van der Waals surface area contributed by atoms with Crippen molar-refractivity contribution in [2.75, 3.05) is 20.8 Å². The van der Waals surface area contributed by atoms with E-state index in [4.69, 9.17) is 15.2 Å². The minimum Gasteiger partial charge on any atom is -0.497 e. The molecule has 1 rings (SSSR count). The topological polar surface area (TPSA) is 73.6 Å². The molecule has 0 bridgehead atoms. The second-order valence-electron chi connectivity index (χ2n) is 3.22. The average molecular weight is 254 g/mol. The molecule has 3 N–H and O–H groups in total. The third kappa shape index (κ3) is 3.60. The molecule has 0 heterocycles. The van der Waals surface area contributed by atoms with Crippen LogP contribution in [0.2, 0.25) is 0 Å². The zero-order valence-electron chi connectivity index (χ0n) is 9.65. The van der Waals surface area contributed by atoms with E-state index >= 15 is 0 Å². The Morgan fingerprint density at radius 3 is 2.65 bits per heavy atom. The van der Waals surface area contributed by atoms with Crippen molar-refractivity contribution in [3.05, 3.63) is 23.8 Å². The molecule has 92 valence electrons. The molecule has 0 saturated heterocycles. The van der Waals surface area contributed by atoms with Crippen LogP contribution in [0, 0.1) is 0 Å². The Hall–Kier alpha value is -1.82. The maximum absolute atomic E-state index is 11.8. The van der Waals surface area contributed by atoms with Crippen molar-refractivity contribution in [3.8, 4) is 11.5 Å². The van der Waals surface area contributed by atoms with E-state index in [9.17, 15) is 4.79 Å². The lowest BCUT2D eigenvalue weighted by molar-refractivity contribution is 0.0956. The van der Waals surface area contributed by atoms with Crippen LogP contribution >= 0.6 is 12.2 Å². The molecular weight excluding hydrogens is 240 g/mol. The molecule has 0 aromatic heterocycles. The molecule has 1 aromatic carbocycles. The fourth-order valence-electron chi connectivity index (χ4n) is 1.25. The summed E-state index contributed by atoms with van der Waals surface area (Å²) in [4.78, 5) is 12.0. The third-order valence-corrected chi connectivity index (χ3v) is 2.22. The van der Waals surface area contributed by atoms with Crippen LogP contribution in [0.5, 0.6) is 11.5 Å². The highest BCUT2D eigenvalue weighted by Gasteiger charge is 2.12. The molecule has 0 aliphatic carbocycles. The SMILES string of the molecule is COc1ccc(C(=O)NCC(N)=S)c(OC)c1. The summed E-state index contributed by atoms with van der Waals surface area (Å²) in [6, 6.07) is 4.93. The molecular formula is C11H14N2O3S. The van der Waals surface area contributed by atoms with Gasteiger partial charge in [0, 0.05) is 6.07 Å². The van der Waals surface area contributed by atoms with Gasteiger partial charge in [0.05, 0.1) is 31.3 Å². The maximum atomic E-state index is 11.8. The van der Waals surface area contributed by atoms with Crippen LogP contribution in [-0.2, 0) is 0 Å². The minimum atomic E-state index is -0.294. The summed E-state index contributed by atoms with van der Waals surface area (Å²) in [6.07, 6.45) is 0. The van der Waals surface area contributed by atoms with Crippen molar-refractivity contribution in [1.82, 2.24) is 5.32 Å². The lowest BCUT2D eigenvalue weighted by atomic mass is 10.1. The van der Waals surface area contributed by atoms with E-state index in [1.54, 1.807) is 25.3 Å². The number of carbonyl (C=O) groups is 1. The Morgan fingerprint density at radius 2 is 2.12 bits per heavy atom. The van der Waals surface area contributed by atoms with E-state index in [0.717, 1.165) is 0 Å². The van der Waals surface area contributed by atoms with Gasteiger partial charge in [-0.05, 0) is 12.1 Å². The molecule has 0 atom stereocenters. The fraction of sp³-hybridized carbons (Fsp3) is 0.273. The van der Waals surface area contributed by atoms with Crippen molar-refractivity contribution in [2.24, 2.45) is 5.73 Å². The second kappa shape index (κ2) is 6.05. The van der Waals surface area contributed by atoms with E-state index in [1.165, 1.54) is 7.11 Å². The molecule has 0 aliphatic heterocycles. The summed E-state index contributed by atoms with van der Waals surface area (Å²) < 4.78 is 10.1. The number of methoxy groups -OCH3 is 2. The Balaban J connectivity index is 2.89. The highest BCUT2D eigenvalue weighted by atomic mass is 32.1. The van der Waals surface area contributed by atoms with Crippen LogP contribution in [0.25, 0.3) is 0 Å². The van der Waals surface area contributed by atoms with Crippen molar-refractivity contribution in [3.63, 3.8) is 0 Å². The Morgan fingerprint density at radius 1 is 1.41 bits per heavy atom. The van der Waals surface area contributed by atoms with E-state index < -0.39 is 0 Å². The first-order valence-corrected chi connectivity index (χ1v) is 5.28. The number of nitrogens with one attached hydrogen (secondary N) is 1. The number of amides is 1. The molecule has 0 fully saturated rings. The van der Waals surface area contributed by atoms with Crippen molar-refractivity contribution < 1.29 is 14.3 Å². The summed E-state index contributed by atoms with van der Waals surface area (Å²) in [7, 11) is 3.03. The van der Waals surface area contributed by atoms with Gasteiger partial charge < -0.3 is 20.5 Å². The van der Waals surface area contributed by atoms with Gasteiger partial charge in [-0.25, -0.2) is 0 Å². The average Bonchev–Trinajstić information content (AvgIpc) is 2.34. The number of nitrogens with two attached hydrogens (primary N) is 1. The van der Waals surface area contributed by atoms with Crippen LogP contribution in [0.3, 0.4) is 0 Å². The van der Waals surface area contributed by atoms with Gasteiger partial charge in [-0.2, -0.15) is 0 Å². The Labute approximate surface area is 105 Å². The quantitative estimate of drug-likeness (QED) is 0.757. The predicted molar refractivity (Wildman–Crippen MR) is 68.7 cm³/mol. The van der Waals surface area contributed by atoms with Gasteiger partial charge in [0.25, 0.3) is 5.91 Å². The van der Waals surface area contributed by atoms with Crippen molar-refractivity contribution in [1.29, 1.82) is 0 Å². The van der Waals surface area contributed by atoms with Crippen molar-refractivity contribution in [2.45, 2.75) is 0 Å². The van der Waals surface area contributed by atoms with Gasteiger partial charge in [0.2, 0.25) is 0 Å². The normalized spacial score (nSPS) is 9.53. The summed E-state index contributed by atoms with van der Waals surface area (Å²) in [5.41, 5.74) is 5.71. The Bertz CT molecular complexity index is 435. The van der Waals surface area contributed by atoms with E-state index in [1.807, 2.05) is 0 Å². The molecule has 1 amide bonds. The zero-order chi connectivity index (χ0) is 12.8. The number of rotatable bonds is 5. The number of hydrogen-bond acceptors (Lipinski definition) is 4. The first kappa shape index (κ1) is 13.2. The molecule has 0 saturated carbocycles. The molecule has 1 aromatic rings. The molecule has 5 nitrogen and oxygen atoms in total. The van der Waals surface area contributed by atoms with Gasteiger partial charge >= 0.3 is 0 Å². The largest absolute Gasteiger partial charge is 0.497 e. The fourth-order valence-corrected chi connectivity index (χ4v) is 1.32. The van der Waals surface area contributed by atoms with Crippen LogP contribution in [0.1, 0.15) is 10.4 Å². The first-order valence-electron chi connectivity index (χ1n) is 4.87. The van der Waals surface area contributed by atoms with Crippen LogP contribution in [0.4, 0.5) is 0 Å². The second-order valence-corrected chi connectivity index (χ2v) is 3.74.